The molecule has 0 spiro atoms. The average Bonchev–Trinajstić information content (AvgIpc) is 3.10. The lowest BCUT2D eigenvalue weighted by atomic mass is 10.2. The van der Waals surface area contributed by atoms with Gasteiger partial charge in [-0.2, -0.15) is 0 Å². The highest BCUT2D eigenvalue weighted by atomic mass is 32.1. The van der Waals surface area contributed by atoms with Crippen LogP contribution in [0, 0.1) is 0 Å². The van der Waals surface area contributed by atoms with Crippen LogP contribution in [0.25, 0.3) is 0 Å². The molecule has 1 saturated carbocycles. The summed E-state index contributed by atoms with van der Waals surface area (Å²) in [5.74, 6) is 0.157. The number of carbonyl (C=O) groups is 1. The van der Waals surface area contributed by atoms with Gasteiger partial charge in [-0.05, 0) is 24.3 Å². The van der Waals surface area contributed by atoms with Crippen LogP contribution in [-0.4, -0.2) is 66.1 Å². The number of hydrogen-bond donors (Lipinski definition) is 2. The first kappa shape index (κ1) is 15.0. The van der Waals surface area contributed by atoms with E-state index in [2.05, 4.69) is 15.1 Å². The SMILES string of the molecule is O=C(CN1CCN(CC(O)c2cccs2)CC1)NC1CC1. The Bertz CT molecular complexity index is 453. The van der Waals surface area contributed by atoms with Gasteiger partial charge in [0.25, 0.3) is 0 Å². The van der Waals surface area contributed by atoms with Crippen molar-refractivity contribution >= 4 is 17.2 Å². The summed E-state index contributed by atoms with van der Waals surface area (Å²) in [5, 5.41) is 15.2. The van der Waals surface area contributed by atoms with Crippen LogP contribution in [0.1, 0.15) is 23.8 Å². The molecule has 1 atom stereocenters. The average molecular weight is 309 g/mol. The van der Waals surface area contributed by atoms with Gasteiger partial charge in [-0.1, -0.05) is 6.07 Å². The zero-order valence-electron chi connectivity index (χ0n) is 12.2. The molecule has 1 aliphatic carbocycles. The Balaban J connectivity index is 1.37. The van der Waals surface area contributed by atoms with Crippen LogP contribution >= 0.6 is 11.3 Å². The van der Waals surface area contributed by atoms with Crippen molar-refractivity contribution in [2.24, 2.45) is 0 Å². The second kappa shape index (κ2) is 6.87. The van der Waals surface area contributed by atoms with E-state index in [1.165, 1.54) is 0 Å². The van der Waals surface area contributed by atoms with E-state index >= 15 is 0 Å². The molecule has 5 nitrogen and oxygen atoms in total. The quantitative estimate of drug-likeness (QED) is 0.811. The summed E-state index contributed by atoms with van der Waals surface area (Å²) >= 11 is 1.60. The lowest BCUT2D eigenvalue weighted by Gasteiger charge is -2.35. The van der Waals surface area contributed by atoms with E-state index < -0.39 is 6.10 Å². The molecule has 1 unspecified atom stereocenters. The molecule has 3 rings (SSSR count). The molecular weight excluding hydrogens is 286 g/mol. The molecule has 2 fully saturated rings. The lowest BCUT2D eigenvalue weighted by Crippen LogP contribution is -2.50. The molecule has 1 saturated heterocycles. The van der Waals surface area contributed by atoms with Crippen molar-refractivity contribution in [3.05, 3.63) is 22.4 Å². The first-order valence-corrected chi connectivity index (χ1v) is 8.54. The molecule has 116 valence electrons. The number of aliphatic hydroxyl groups is 1. The fourth-order valence-electron chi connectivity index (χ4n) is 2.65. The summed E-state index contributed by atoms with van der Waals surface area (Å²) < 4.78 is 0. The number of hydrogen-bond acceptors (Lipinski definition) is 5. The third-order valence-electron chi connectivity index (χ3n) is 4.08. The maximum atomic E-state index is 11.8. The van der Waals surface area contributed by atoms with E-state index in [9.17, 15) is 9.90 Å². The highest BCUT2D eigenvalue weighted by Crippen LogP contribution is 2.20. The van der Waals surface area contributed by atoms with Crippen LogP contribution in [0.3, 0.4) is 0 Å². The van der Waals surface area contributed by atoms with Crippen LogP contribution in [0.5, 0.6) is 0 Å². The third-order valence-corrected chi connectivity index (χ3v) is 5.05. The smallest absolute Gasteiger partial charge is 0.234 e. The summed E-state index contributed by atoms with van der Waals surface area (Å²) in [6.07, 6.45) is 1.88. The van der Waals surface area contributed by atoms with E-state index in [0.29, 0.717) is 19.1 Å². The van der Waals surface area contributed by atoms with E-state index in [1.807, 2.05) is 17.5 Å². The third kappa shape index (κ3) is 4.51. The zero-order valence-corrected chi connectivity index (χ0v) is 13.0. The largest absolute Gasteiger partial charge is 0.386 e. The highest BCUT2D eigenvalue weighted by molar-refractivity contribution is 7.10. The van der Waals surface area contributed by atoms with Crippen molar-refractivity contribution in [2.45, 2.75) is 25.0 Å². The van der Waals surface area contributed by atoms with E-state index in [4.69, 9.17) is 0 Å². The molecule has 2 N–H and O–H groups in total. The van der Waals surface area contributed by atoms with Gasteiger partial charge in [0.1, 0.15) is 6.10 Å². The predicted octanol–water partition coefficient (Wildman–Crippen LogP) is 0.678. The van der Waals surface area contributed by atoms with Gasteiger partial charge < -0.3 is 10.4 Å². The van der Waals surface area contributed by atoms with Crippen molar-refractivity contribution in [1.29, 1.82) is 0 Å². The van der Waals surface area contributed by atoms with Gasteiger partial charge in [0.15, 0.2) is 0 Å². The Kier molecular flexibility index (Phi) is 4.90. The van der Waals surface area contributed by atoms with Gasteiger partial charge in [0, 0.05) is 43.6 Å². The molecule has 0 radical (unpaired) electrons. The topological polar surface area (TPSA) is 55.8 Å². The fraction of sp³-hybridized carbons (Fsp3) is 0.667. The van der Waals surface area contributed by atoms with Crippen LogP contribution in [-0.2, 0) is 4.79 Å². The Morgan fingerprint density at radius 1 is 1.33 bits per heavy atom. The first-order chi connectivity index (χ1) is 10.2. The minimum atomic E-state index is -0.394. The molecule has 21 heavy (non-hydrogen) atoms. The first-order valence-electron chi connectivity index (χ1n) is 7.66. The highest BCUT2D eigenvalue weighted by Gasteiger charge is 2.25. The molecule has 0 bridgehead atoms. The standard InChI is InChI=1S/C15H23N3O2S/c19-13(14-2-1-9-21-14)10-17-5-7-18(8-6-17)11-15(20)16-12-3-4-12/h1-2,9,12-13,19H,3-8,10-11H2,(H,16,20). The molecule has 6 heteroatoms. The number of thiophene rings is 1. The normalized spacial score (nSPS) is 22.1. The van der Waals surface area contributed by atoms with Crippen LogP contribution in [0.2, 0.25) is 0 Å². The van der Waals surface area contributed by atoms with Gasteiger partial charge in [-0.3, -0.25) is 14.6 Å². The van der Waals surface area contributed by atoms with Gasteiger partial charge >= 0.3 is 0 Å². The Morgan fingerprint density at radius 2 is 2.05 bits per heavy atom. The summed E-state index contributed by atoms with van der Waals surface area (Å²) in [4.78, 5) is 17.3. The van der Waals surface area contributed by atoms with Crippen molar-refractivity contribution in [2.75, 3.05) is 39.3 Å². The second-order valence-corrected chi connectivity index (χ2v) is 6.93. The van der Waals surface area contributed by atoms with Crippen LogP contribution in [0.4, 0.5) is 0 Å². The van der Waals surface area contributed by atoms with Crippen molar-refractivity contribution < 1.29 is 9.90 Å². The van der Waals surface area contributed by atoms with Crippen LogP contribution < -0.4 is 5.32 Å². The zero-order chi connectivity index (χ0) is 14.7. The maximum Gasteiger partial charge on any atom is 0.234 e. The second-order valence-electron chi connectivity index (χ2n) is 5.95. The molecule has 1 aromatic heterocycles. The number of nitrogens with zero attached hydrogens (tertiary/aromatic N) is 2. The monoisotopic (exact) mass is 309 g/mol. The predicted molar refractivity (Wildman–Crippen MR) is 83.3 cm³/mol. The molecule has 1 aromatic rings. The maximum absolute atomic E-state index is 11.8. The van der Waals surface area contributed by atoms with Gasteiger partial charge in [0.05, 0.1) is 6.54 Å². The number of nitrogens with one attached hydrogen (secondary N) is 1. The molecular formula is C15H23N3O2S. The number of amides is 1. The van der Waals surface area contributed by atoms with Crippen molar-refractivity contribution in [3.8, 4) is 0 Å². The number of rotatable bonds is 6. The van der Waals surface area contributed by atoms with Gasteiger partial charge in [-0.15, -0.1) is 11.3 Å². The van der Waals surface area contributed by atoms with Crippen LogP contribution in [0.15, 0.2) is 17.5 Å². The van der Waals surface area contributed by atoms with E-state index in [1.54, 1.807) is 11.3 Å². The minimum absolute atomic E-state index is 0.157. The summed E-state index contributed by atoms with van der Waals surface area (Å²) in [7, 11) is 0. The Hall–Kier alpha value is -0.950. The molecule has 2 aliphatic rings. The Labute approximate surface area is 129 Å². The van der Waals surface area contributed by atoms with Gasteiger partial charge in [-0.25, -0.2) is 0 Å². The van der Waals surface area contributed by atoms with Crippen molar-refractivity contribution in [3.63, 3.8) is 0 Å². The summed E-state index contributed by atoms with van der Waals surface area (Å²) in [5.41, 5.74) is 0. The number of aliphatic hydroxyl groups excluding tert-OH is 1. The summed E-state index contributed by atoms with van der Waals surface area (Å²) in [6.45, 7) is 4.82. The van der Waals surface area contributed by atoms with E-state index in [-0.39, 0.29) is 5.91 Å². The minimum Gasteiger partial charge on any atom is -0.386 e. The molecule has 2 heterocycles. The number of β-amino-alcohol motifs (C(OH)–C–C–N with tert-alkyl or cyclic N) is 1. The lowest BCUT2D eigenvalue weighted by molar-refractivity contribution is -0.122. The fourth-order valence-corrected chi connectivity index (χ4v) is 3.35. The summed E-state index contributed by atoms with van der Waals surface area (Å²) in [6, 6.07) is 4.40. The van der Waals surface area contributed by atoms with Gasteiger partial charge in [0.2, 0.25) is 5.91 Å². The van der Waals surface area contributed by atoms with Crippen molar-refractivity contribution in [1.82, 2.24) is 15.1 Å². The van der Waals surface area contributed by atoms with E-state index in [0.717, 1.165) is 43.9 Å². The number of piperazine rings is 1. The molecule has 1 amide bonds. The molecule has 1 aliphatic heterocycles. The Morgan fingerprint density at radius 3 is 2.67 bits per heavy atom. The molecule has 0 aromatic carbocycles. The number of carbonyl (C=O) groups excluding carboxylic acids is 1.